The standard InChI is InChI=1S/C29H50NOSi.C8H10Cl2OSi.2Li.S62.H2S/c1-22-23(2)25(4)29(24(22)3)32(6,28-21-17-16-20-27(28)31-5)30-26-18-14-12-10-8-7-9-11-13-15-19-26;1-11-7-5-3-4-6-8(7)12(2,9)10;;;1-3-5-7-9-11-13-15-17-19-21-23-25-27-29-31-33-35-37-39-41-43-45-47-49-51-53-55-57-59-61-62-60-58-56-54-52-50-48-46-44-42-40-38-36-34-32-30-28-26-24-22-20-18-16-14-12-10-8-6-4-2;/h16-17,20-26,29H,7-15,18-19H2,1-6H3;3-6H,1-2H3;;;;1H2/q-1;;2*+1;;/t22?,23?,24?,25?,29?,32-;;;;;/m0...../s1. The molecule has 5 atom stereocenters. The predicted octanol–water partition coefficient (Wildman–Crippen LogP) is 4.88. The van der Waals surface area contributed by atoms with Crippen molar-refractivity contribution in [2.75, 3.05) is 14.2 Å². The smallest absolute Gasteiger partial charge is 0.658 e. The van der Waals surface area contributed by atoms with Crippen molar-refractivity contribution in [3.8, 4) is 11.5 Å². The van der Waals surface area contributed by atoms with Gasteiger partial charge in [0.25, 0.3) is 6.69 Å². The van der Waals surface area contributed by atoms with Crippen LogP contribution in [0.5, 0.6) is 11.5 Å². The fourth-order valence-electron chi connectivity index (χ4n) is 8.83. The molecule has 0 amide bonds. The number of benzene rings is 2. The summed E-state index contributed by atoms with van der Waals surface area (Å²) in [6.45, 7) is 12.2. The van der Waals surface area contributed by atoms with Gasteiger partial charge < -0.3 is 14.5 Å². The van der Waals surface area contributed by atoms with E-state index in [4.69, 9.17) is 59.0 Å². The molecule has 2 aliphatic carbocycles. The van der Waals surface area contributed by atoms with E-state index in [2.05, 4.69) is 58.5 Å². The molecule has 109 heavy (non-hydrogen) atoms. The fraction of sp³-hybridized carbons (Fsp3) is 0.676. The SMILES string of the molecule is COc1ccccc1[Si@](C)([N-]C1CCCCCCCCCCC1)C1C(C)C(C)C(C)C1C.COc1ccccc1[Si](C)(Cl)Cl.S.S=S=S=S=S=S=S=S=S=S=S=S=S=S=S=S=S=S=S=S=S=S=S=S=S=S=S=S=S=S=S=S=S=S=S=S=S=S=S=S=S=S=S=S=S=S=S=S=S=S=S=S=S=S=S=S=S=S=S=S=S=S.[Li+].[Li+]. The monoisotopic (exact) mass is 2710 g/mol. The van der Waals surface area contributed by atoms with E-state index in [0.29, 0.717) is 11.6 Å². The Morgan fingerprint density at radius 3 is 0.679 bits per heavy atom. The Balaban J connectivity index is 0. The normalized spacial score (nSPS) is 15.4. The topological polar surface area (TPSA) is 32.6 Å². The van der Waals surface area contributed by atoms with Crippen molar-refractivity contribution in [2.24, 2.45) is 23.7 Å². The van der Waals surface area contributed by atoms with Gasteiger partial charge in [-0.1, -0.05) is 147 Å². The molecular formula is C37H62Cl2Li2NO2S63Si2+. The van der Waals surface area contributed by atoms with Gasteiger partial charge in [0.1, 0.15) is 11.5 Å². The number of para-hydroxylation sites is 2. The van der Waals surface area contributed by atoms with Gasteiger partial charge in [-0.3, -0.25) is 0 Å². The van der Waals surface area contributed by atoms with Crippen LogP contribution in [0.25, 0.3) is 4.98 Å². The summed E-state index contributed by atoms with van der Waals surface area (Å²) in [6, 6.07) is 17.0. The summed E-state index contributed by atoms with van der Waals surface area (Å²) in [4.78, 5) is 5.98. The molecule has 0 N–H and O–H groups in total. The largest absolute Gasteiger partial charge is 1.00 e. The van der Waals surface area contributed by atoms with Crippen molar-refractivity contribution in [2.45, 2.75) is 123 Å². The van der Waals surface area contributed by atoms with Crippen LogP contribution in [0.15, 0.2) is 48.5 Å². The molecular weight excluding hydrogens is 2650 g/mol. The summed E-state index contributed by atoms with van der Waals surface area (Å²) >= 11 is 21.8. The summed E-state index contributed by atoms with van der Waals surface area (Å²) in [7, 11) is 109. The number of nitrogens with zero attached hydrogens (tertiary/aromatic N) is 1. The molecule has 0 aromatic heterocycles. The van der Waals surface area contributed by atoms with E-state index in [1.165, 1.54) is 93.6 Å². The average Bonchev–Trinajstić information content (AvgIpc) is 1.63. The molecule has 72 heteroatoms. The molecule has 2 aliphatic rings. The van der Waals surface area contributed by atoms with E-state index in [9.17, 15) is 0 Å². The van der Waals surface area contributed by atoms with Crippen LogP contribution in [0.4, 0.5) is 0 Å². The van der Waals surface area contributed by atoms with Crippen LogP contribution in [0.2, 0.25) is 18.6 Å². The van der Waals surface area contributed by atoms with Gasteiger partial charge in [-0.2, -0.15) is 13.5 Å². The number of halogens is 2. The Morgan fingerprint density at radius 2 is 0.486 bits per heavy atom. The van der Waals surface area contributed by atoms with Crippen molar-refractivity contribution in [1.82, 2.24) is 0 Å². The third kappa shape index (κ3) is 72.4. The molecule has 0 spiro atoms. The second-order valence-electron chi connectivity index (χ2n) is 18.0. The first-order valence-corrected chi connectivity index (χ1v) is 116. The van der Waals surface area contributed by atoms with E-state index >= 15 is 0 Å². The van der Waals surface area contributed by atoms with Crippen molar-refractivity contribution in [1.29, 1.82) is 0 Å². The van der Waals surface area contributed by atoms with E-state index < -0.39 is 14.9 Å². The number of hydrogen-bond acceptors (Lipinski definition) is 4. The van der Waals surface area contributed by atoms with Crippen molar-refractivity contribution >= 4 is 616 Å². The number of hydrogen-bond donors (Lipinski definition) is 0. The molecule has 0 radical (unpaired) electrons. The number of rotatable bonds is 7. The Bertz CT molecular complexity index is 6000. The van der Waals surface area contributed by atoms with Crippen LogP contribution in [-0.4, -0.2) is 35.2 Å². The van der Waals surface area contributed by atoms with Crippen LogP contribution in [0.1, 0.15) is 98.3 Å². The minimum atomic E-state index is -2.28. The molecule has 0 bridgehead atoms. The molecule has 4 unspecified atom stereocenters. The Morgan fingerprint density at radius 1 is 0.303 bits per heavy atom. The molecule has 0 aliphatic heterocycles. The number of ether oxygens (including phenoxy) is 2. The van der Waals surface area contributed by atoms with E-state index in [0.717, 1.165) is 40.4 Å². The van der Waals surface area contributed by atoms with E-state index in [-0.39, 0.29) is 51.2 Å². The number of methoxy groups -OCH3 is 2. The first-order chi connectivity index (χ1) is 51.9. The average molecular weight is 2710 g/mol. The van der Waals surface area contributed by atoms with Crippen LogP contribution >= 0.6 is 35.7 Å². The molecule has 2 aromatic carbocycles. The second-order valence-corrected chi connectivity index (χ2v) is 135. The summed E-state index contributed by atoms with van der Waals surface area (Å²) in [5, 5.41) is 2.37. The van der Waals surface area contributed by atoms with Crippen molar-refractivity contribution < 1.29 is 47.2 Å². The van der Waals surface area contributed by atoms with E-state index in [1.54, 1.807) is 114 Å². The Kier molecular flexibility index (Phi) is 108. The maximum Gasteiger partial charge on any atom is 1.00 e. The maximum atomic E-state index is 6.07. The molecule has 4 rings (SSSR count). The third-order valence-corrected chi connectivity index (χ3v) is 151. The Labute approximate surface area is 867 Å². The van der Waals surface area contributed by atoms with Gasteiger partial charge in [0.05, 0.1) is 14.2 Å². The van der Waals surface area contributed by atoms with Crippen molar-refractivity contribution in [3.63, 3.8) is 0 Å². The maximum absolute atomic E-state index is 6.07. The molecule has 2 saturated carbocycles. The van der Waals surface area contributed by atoms with Gasteiger partial charge in [-0.05, 0) is 55.8 Å². The third-order valence-electron chi connectivity index (χ3n) is 12.7. The van der Waals surface area contributed by atoms with Crippen LogP contribution in [0.3, 0.4) is 0 Å². The molecule has 0 heterocycles. The summed E-state index contributed by atoms with van der Waals surface area (Å²) in [5.74, 6) is 4.82. The van der Waals surface area contributed by atoms with Gasteiger partial charge in [-0.15, -0.1) is 28.2 Å². The minimum Gasteiger partial charge on any atom is -0.658 e. The Hall–Kier alpha value is 14.2. The first kappa shape index (κ1) is 125. The summed E-state index contributed by atoms with van der Waals surface area (Å²) in [6.07, 6.45) is 15.2. The molecule has 2 aromatic rings. The van der Waals surface area contributed by atoms with Crippen LogP contribution in [0, 0.1) is 23.7 Å². The van der Waals surface area contributed by atoms with Crippen LogP contribution in [-0.2, 0) is 555 Å². The quantitative estimate of drug-likeness (QED) is 0.293. The van der Waals surface area contributed by atoms with E-state index in [1.807, 2.05) is 446 Å². The van der Waals surface area contributed by atoms with Crippen LogP contribution < -0.4 is 57.6 Å². The summed E-state index contributed by atoms with van der Waals surface area (Å²) in [5.41, 5.74) is 0.685. The van der Waals surface area contributed by atoms with Crippen molar-refractivity contribution in [3.05, 3.63) is 53.5 Å². The van der Waals surface area contributed by atoms with Gasteiger partial charge in [0, 0.05) is 560 Å². The van der Waals surface area contributed by atoms with Gasteiger partial charge >= 0.3 is 37.7 Å². The molecule has 3 nitrogen and oxygen atoms in total. The zero-order valence-corrected chi connectivity index (χ0v) is 112. The fourth-order valence-corrected chi connectivity index (χ4v) is 175. The zero-order chi connectivity index (χ0) is 76.8. The molecule has 628 valence electrons. The minimum absolute atomic E-state index is 0. The van der Waals surface area contributed by atoms with Gasteiger partial charge in [0.15, 0.2) is 0 Å². The zero-order valence-electron chi connectivity index (χ0n) is 56.7. The molecule has 2 fully saturated rings. The van der Waals surface area contributed by atoms with Gasteiger partial charge in [0.2, 0.25) is 0 Å². The molecule has 0 saturated heterocycles. The second kappa shape index (κ2) is 94.0. The first-order valence-electron chi connectivity index (χ1n) is 27.5. The van der Waals surface area contributed by atoms with Gasteiger partial charge in [-0.25, -0.2) is 0 Å². The summed E-state index contributed by atoms with van der Waals surface area (Å²) < 4.78 is 11.1. The predicted molar refractivity (Wildman–Crippen MR) is 666 cm³/mol.